The average molecular weight is 160 g/mol. The Labute approximate surface area is 65.7 Å². The minimum atomic E-state index is -0.508. The summed E-state index contributed by atoms with van der Waals surface area (Å²) in [5.74, 6) is 1.56. The summed E-state index contributed by atoms with van der Waals surface area (Å²) in [7, 11) is -0.508. The maximum Gasteiger partial charge on any atom is 0.0370 e. The molecule has 0 amide bonds. The van der Waals surface area contributed by atoms with Gasteiger partial charge in [-0.25, -0.2) is 0 Å². The maximum absolute atomic E-state index is 11.3. The van der Waals surface area contributed by atoms with Crippen molar-refractivity contribution in [2.75, 3.05) is 5.75 Å². The molecule has 1 rings (SSSR count). The van der Waals surface area contributed by atoms with Gasteiger partial charge < -0.3 is 0 Å². The van der Waals surface area contributed by atoms with Crippen LogP contribution in [0.1, 0.15) is 33.1 Å². The molecule has 0 aromatic rings. The van der Waals surface area contributed by atoms with Gasteiger partial charge in [0.2, 0.25) is 0 Å². The van der Waals surface area contributed by atoms with Crippen LogP contribution < -0.4 is 0 Å². The first kappa shape index (κ1) is 8.25. The van der Waals surface area contributed by atoms with E-state index in [2.05, 4.69) is 13.8 Å². The van der Waals surface area contributed by atoms with Crippen molar-refractivity contribution in [3.63, 3.8) is 0 Å². The third kappa shape index (κ3) is 1.82. The van der Waals surface area contributed by atoms with Gasteiger partial charge in [0, 0.05) is 21.8 Å². The minimum absolute atomic E-state index is 0.494. The Hall–Kier alpha value is 0.150. The summed E-state index contributed by atoms with van der Waals surface area (Å²) >= 11 is 0. The van der Waals surface area contributed by atoms with Gasteiger partial charge in [0.15, 0.2) is 0 Å². The van der Waals surface area contributed by atoms with E-state index in [0.717, 1.165) is 5.75 Å². The largest absolute Gasteiger partial charge is 0.259 e. The van der Waals surface area contributed by atoms with Crippen molar-refractivity contribution in [1.29, 1.82) is 0 Å². The highest BCUT2D eigenvalue weighted by molar-refractivity contribution is 7.85. The molecule has 1 aliphatic heterocycles. The molecule has 2 atom stereocenters. The fraction of sp³-hybridized carbons (Fsp3) is 1.00. The molecule has 1 unspecified atom stereocenters. The third-order valence-corrected chi connectivity index (χ3v) is 4.31. The van der Waals surface area contributed by atoms with E-state index in [4.69, 9.17) is 0 Å². The first-order valence-electron chi connectivity index (χ1n) is 4.09. The van der Waals surface area contributed by atoms with Crippen molar-refractivity contribution in [1.82, 2.24) is 0 Å². The van der Waals surface area contributed by atoms with Crippen molar-refractivity contribution in [3.8, 4) is 0 Å². The van der Waals surface area contributed by atoms with Crippen LogP contribution in [0.15, 0.2) is 0 Å². The zero-order valence-corrected chi connectivity index (χ0v) is 7.62. The highest BCUT2D eigenvalue weighted by Gasteiger charge is 2.23. The van der Waals surface area contributed by atoms with Crippen LogP contribution in [0.2, 0.25) is 0 Å². The molecule has 0 radical (unpaired) electrons. The van der Waals surface area contributed by atoms with E-state index in [9.17, 15) is 4.21 Å². The lowest BCUT2D eigenvalue weighted by Gasteiger charge is -2.24. The van der Waals surface area contributed by atoms with E-state index in [1.165, 1.54) is 19.3 Å². The Kier molecular flexibility index (Phi) is 2.90. The van der Waals surface area contributed by atoms with Gasteiger partial charge in [0.05, 0.1) is 0 Å². The molecule has 0 aliphatic carbocycles. The van der Waals surface area contributed by atoms with Crippen molar-refractivity contribution in [3.05, 3.63) is 0 Å². The Balaban J connectivity index is 2.48. The normalized spacial score (nSPS) is 34.7. The topological polar surface area (TPSA) is 17.1 Å². The third-order valence-electron chi connectivity index (χ3n) is 2.17. The van der Waals surface area contributed by atoms with E-state index in [-0.39, 0.29) is 0 Å². The average Bonchev–Trinajstić information content (AvgIpc) is 1.88. The highest BCUT2D eigenvalue weighted by atomic mass is 32.2. The first-order chi connectivity index (χ1) is 4.72. The maximum atomic E-state index is 11.3. The molecule has 60 valence electrons. The first-order valence-corrected chi connectivity index (χ1v) is 5.47. The Bertz CT molecular complexity index is 131. The second-order valence-corrected chi connectivity index (χ2v) is 5.14. The predicted octanol–water partition coefficient (Wildman–Crippen LogP) is 1.94. The molecule has 1 aliphatic rings. The molecule has 0 spiro atoms. The van der Waals surface area contributed by atoms with Crippen LogP contribution in [0.5, 0.6) is 0 Å². The molecule has 2 heteroatoms. The van der Waals surface area contributed by atoms with E-state index < -0.39 is 10.8 Å². The van der Waals surface area contributed by atoms with Gasteiger partial charge in [0.25, 0.3) is 0 Å². The van der Waals surface area contributed by atoms with Crippen molar-refractivity contribution < 1.29 is 4.21 Å². The molecular weight excluding hydrogens is 144 g/mol. The molecule has 1 fully saturated rings. The number of hydrogen-bond acceptors (Lipinski definition) is 1. The molecule has 0 saturated carbocycles. The van der Waals surface area contributed by atoms with E-state index in [0.29, 0.717) is 11.2 Å². The van der Waals surface area contributed by atoms with Crippen LogP contribution in [0.3, 0.4) is 0 Å². The van der Waals surface area contributed by atoms with E-state index in [1.807, 2.05) is 0 Å². The highest BCUT2D eigenvalue weighted by Crippen LogP contribution is 2.21. The molecule has 1 heterocycles. The molecule has 1 saturated heterocycles. The van der Waals surface area contributed by atoms with Gasteiger partial charge in [-0.2, -0.15) is 0 Å². The second kappa shape index (κ2) is 3.51. The molecule has 0 N–H and O–H groups in total. The lowest BCUT2D eigenvalue weighted by molar-refractivity contribution is 0.514. The lowest BCUT2D eigenvalue weighted by atomic mass is 10.0. The van der Waals surface area contributed by atoms with Crippen LogP contribution in [-0.2, 0) is 10.8 Å². The summed E-state index contributed by atoms with van der Waals surface area (Å²) in [6, 6.07) is 0. The number of rotatable bonds is 1. The Morgan fingerprint density at radius 3 is 2.50 bits per heavy atom. The molecule has 0 aromatic carbocycles. The van der Waals surface area contributed by atoms with Gasteiger partial charge in [-0.05, 0) is 18.8 Å². The monoisotopic (exact) mass is 160 g/mol. The molecule has 0 aromatic heterocycles. The standard InChI is InChI=1S/C8H16OS/c1-7(2)8-5-3-4-6-10(8)9/h7-8H,3-6H2,1-2H3/t8-,10?/m1/s1. The zero-order valence-electron chi connectivity index (χ0n) is 6.80. The van der Waals surface area contributed by atoms with Gasteiger partial charge in [-0.15, -0.1) is 0 Å². The molecule has 0 bridgehead atoms. The quantitative estimate of drug-likeness (QED) is 0.573. The second-order valence-electron chi connectivity index (χ2n) is 3.36. The van der Waals surface area contributed by atoms with E-state index >= 15 is 0 Å². The zero-order chi connectivity index (χ0) is 7.56. The summed E-state index contributed by atoms with van der Waals surface area (Å²) < 4.78 is 11.3. The van der Waals surface area contributed by atoms with Gasteiger partial charge in [-0.1, -0.05) is 20.3 Å². The minimum Gasteiger partial charge on any atom is -0.259 e. The Morgan fingerprint density at radius 2 is 2.10 bits per heavy atom. The summed E-state index contributed by atoms with van der Waals surface area (Å²) in [5.41, 5.74) is 0. The SMILES string of the molecule is CC(C)[C@H]1CCCCS1=O. The fourth-order valence-electron chi connectivity index (χ4n) is 1.51. The van der Waals surface area contributed by atoms with Crippen LogP contribution in [0.4, 0.5) is 0 Å². The fourth-order valence-corrected chi connectivity index (χ4v) is 3.34. The number of hydrogen-bond donors (Lipinski definition) is 0. The lowest BCUT2D eigenvalue weighted by Crippen LogP contribution is -2.27. The predicted molar refractivity (Wildman–Crippen MR) is 45.5 cm³/mol. The molecular formula is C8H16OS. The van der Waals surface area contributed by atoms with Crippen molar-refractivity contribution in [2.45, 2.75) is 38.4 Å². The van der Waals surface area contributed by atoms with Crippen molar-refractivity contribution >= 4 is 10.8 Å². The smallest absolute Gasteiger partial charge is 0.0370 e. The van der Waals surface area contributed by atoms with Crippen molar-refractivity contribution in [2.24, 2.45) is 5.92 Å². The van der Waals surface area contributed by atoms with Crippen LogP contribution in [0.25, 0.3) is 0 Å². The summed E-state index contributed by atoms with van der Waals surface area (Å²) in [4.78, 5) is 0. The van der Waals surface area contributed by atoms with Crippen LogP contribution in [0, 0.1) is 5.92 Å². The van der Waals surface area contributed by atoms with E-state index in [1.54, 1.807) is 0 Å². The molecule has 10 heavy (non-hydrogen) atoms. The van der Waals surface area contributed by atoms with Crippen LogP contribution >= 0.6 is 0 Å². The van der Waals surface area contributed by atoms with Gasteiger partial charge in [-0.3, -0.25) is 4.21 Å². The van der Waals surface area contributed by atoms with Gasteiger partial charge >= 0.3 is 0 Å². The summed E-state index contributed by atoms with van der Waals surface area (Å²) in [6.45, 7) is 4.35. The van der Waals surface area contributed by atoms with Gasteiger partial charge in [0.1, 0.15) is 0 Å². The summed E-state index contributed by atoms with van der Waals surface area (Å²) in [5, 5.41) is 0.494. The Morgan fingerprint density at radius 1 is 1.40 bits per heavy atom. The molecule has 1 nitrogen and oxygen atoms in total. The van der Waals surface area contributed by atoms with Crippen LogP contribution in [-0.4, -0.2) is 15.2 Å². The summed E-state index contributed by atoms with van der Waals surface area (Å²) in [6.07, 6.45) is 3.65.